The Balaban J connectivity index is 2.39. The first-order valence-electron chi connectivity index (χ1n) is 3.30. The van der Waals surface area contributed by atoms with E-state index < -0.39 is 0 Å². The van der Waals surface area contributed by atoms with Crippen molar-refractivity contribution < 1.29 is 4.84 Å². The average molecular weight is 174 g/mol. The summed E-state index contributed by atoms with van der Waals surface area (Å²) in [6.07, 6.45) is 2.54. The molecular formula is C6H10N2O2S. The van der Waals surface area contributed by atoms with E-state index in [0.29, 0.717) is 13.2 Å². The predicted molar refractivity (Wildman–Crippen MR) is 43.3 cm³/mol. The third-order valence-corrected chi connectivity index (χ3v) is 2.00. The summed E-state index contributed by atoms with van der Waals surface area (Å²) in [6.45, 7) is 1.17. The molecule has 1 heterocycles. The van der Waals surface area contributed by atoms with Gasteiger partial charge in [0.05, 0.1) is 6.61 Å². The van der Waals surface area contributed by atoms with Gasteiger partial charge in [-0.05, 0) is 6.42 Å². The molecule has 5 heteroatoms. The zero-order valence-electron chi connectivity index (χ0n) is 6.03. The van der Waals surface area contributed by atoms with E-state index in [0.717, 1.165) is 6.42 Å². The Morgan fingerprint density at radius 3 is 3.09 bits per heavy atom. The third-order valence-electron chi connectivity index (χ3n) is 1.31. The summed E-state index contributed by atoms with van der Waals surface area (Å²) in [5.74, 6) is 4.82. The molecule has 1 aromatic heterocycles. The van der Waals surface area contributed by atoms with Crippen molar-refractivity contribution in [3.05, 3.63) is 21.2 Å². The Hall–Kier alpha value is -0.650. The van der Waals surface area contributed by atoms with Crippen LogP contribution in [0.25, 0.3) is 0 Å². The molecule has 0 fully saturated rings. The number of nitrogens with two attached hydrogens (primary N) is 1. The minimum atomic E-state index is 0.0713. The fourth-order valence-electron chi connectivity index (χ4n) is 0.775. The number of aryl methyl sites for hydroxylation is 1. The molecular weight excluding hydrogens is 164 g/mol. The molecule has 2 N–H and O–H groups in total. The van der Waals surface area contributed by atoms with Crippen LogP contribution in [0.2, 0.25) is 0 Å². The van der Waals surface area contributed by atoms with Gasteiger partial charge in [0, 0.05) is 18.1 Å². The van der Waals surface area contributed by atoms with Crippen molar-refractivity contribution in [3.63, 3.8) is 0 Å². The second-order valence-electron chi connectivity index (χ2n) is 2.09. The quantitative estimate of drug-likeness (QED) is 0.523. The normalized spacial score (nSPS) is 10.3. The van der Waals surface area contributed by atoms with E-state index in [9.17, 15) is 4.79 Å². The Morgan fingerprint density at radius 2 is 2.55 bits per heavy atom. The van der Waals surface area contributed by atoms with E-state index in [-0.39, 0.29) is 4.87 Å². The highest BCUT2D eigenvalue weighted by atomic mass is 32.1. The van der Waals surface area contributed by atoms with Gasteiger partial charge in [-0.25, -0.2) is 5.90 Å². The molecule has 0 amide bonds. The Morgan fingerprint density at radius 1 is 1.73 bits per heavy atom. The molecule has 0 spiro atoms. The molecule has 62 valence electrons. The molecule has 0 radical (unpaired) electrons. The van der Waals surface area contributed by atoms with Gasteiger partial charge < -0.3 is 9.40 Å². The SMILES string of the molecule is NOCCCn1ccsc1=O. The molecule has 0 bridgehead atoms. The van der Waals surface area contributed by atoms with Crippen molar-refractivity contribution in [1.29, 1.82) is 0 Å². The van der Waals surface area contributed by atoms with Crippen molar-refractivity contribution in [2.45, 2.75) is 13.0 Å². The second kappa shape index (κ2) is 4.27. The molecule has 0 aliphatic carbocycles. The minimum absolute atomic E-state index is 0.0713. The summed E-state index contributed by atoms with van der Waals surface area (Å²) in [5, 5.41) is 1.77. The molecule has 11 heavy (non-hydrogen) atoms. The first-order valence-corrected chi connectivity index (χ1v) is 4.18. The van der Waals surface area contributed by atoms with E-state index in [4.69, 9.17) is 5.90 Å². The van der Waals surface area contributed by atoms with Crippen LogP contribution in [0.4, 0.5) is 0 Å². The lowest BCUT2D eigenvalue weighted by molar-refractivity contribution is 0.132. The van der Waals surface area contributed by atoms with Gasteiger partial charge in [-0.3, -0.25) is 4.79 Å². The van der Waals surface area contributed by atoms with E-state index in [1.165, 1.54) is 11.3 Å². The first-order chi connectivity index (χ1) is 5.34. The van der Waals surface area contributed by atoms with Crippen LogP contribution in [0.3, 0.4) is 0 Å². The molecule has 0 unspecified atom stereocenters. The summed E-state index contributed by atoms with van der Waals surface area (Å²) < 4.78 is 1.64. The molecule has 0 aliphatic rings. The van der Waals surface area contributed by atoms with Crippen molar-refractivity contribution >= 4 is 11.3 Å². The van der Waals surface area contributed by atoms with Crippen molar-refractivity contribution in [1.82, 2.24) is 4.57 Å². The molecule has 0 saturated heterocycles. The highest BCUT2D eigenvalue weighted by Gasteiger charge is 1.94. The molecule has 1 aromatic rings. The monoisotopic (exact) mass is 174 g/mol. The number of thiazole rings is 1. The van der Waals surface area contributed by atoms with Gasteiger partial charge in [-0.1, -0.05) is 11.3 Å². The maximum absolute atomic E-state index is 10.9. The van der Waals surface area contributed by atoms with E-state index >= 15 is 0 Å². The molecule has 0 atom stereocenters. The summed E-state index contributed by atoms with van der Waals surface area (Å²) >= 11 is 1.20. The molecule has 4 nitrogen and oxygen atoms in total. The smallest absolute Gasteiger partial charge is 0.306 e. The van der Waals surface area contributed by atoms with Crippen LogP contribution in [0.5, 0.6) is 0 Å². The summed E-state index contributed by atoms with van der Waals surface area (Å²) in [7, 11) is 0. The Bertz CT molecular complexity index is 255. The van der Waals surface area contributed by atoms with Gasteiger partial charge in [0.2, 0.25) is 0 Å². The Labute approximate surface area is 68.2 Å². The van der Waals surface area contributed by atoms with Crippen LogP contribution < -0.4 is 10.8 Å². The molecule has 0 aromatic carbocycles. The summed E-state index contributed by atoms with van der Waals surface area (Å²) in [5.41, 5.74) is 0. The lowest BCUT2D eigenvalue weighted by atomic mass is 10.4. The van der Waals surface area contributed by atoms with Gasteiger partial charge in [0.1, 0.15) is 0 Å². The van der Waals surface area contributed by atoms with Crippen LogP contribution >= 0.6 is 11.3 Å². The maximum atomic E-state index is 10.9. The average Bonchev–Trinajstić information content (AvgIpc) is 2.37. The van der Waals surface area contributed by atoms with Crippen molar-refractivity contribution in [3.8, 4) is 0 Å². The number of hydrogen-bond acceptors (Lipinski definition) is 4. The fraction of sp³-hybridized carbons (Fsp3) is 0.500. The predicted octanol–water partition coefficient (Wildman–Crippen LogP) is 0.190. The van der Waals surface area contributed by atoms with Crippen molar-refractivity contribution in [2.24, 2.45) is 5.90 Å². The highest BCUT2D eigenvalue weighted by Crippen LogP contribution is 1.91. The number of hydrogen-bond donors (Lipinski definition) is 1. The topological polar surface area (TPSA) is 57.2 Å². The van der Waals surface area contributed by atoms with Gasteiger partial charge in [0.25, 0.3) is 0 Å². The van der Waals surface area contributed by atoms with E-state index in [1.807, 2.05) is 0 Å². The van der Waals surface area contributed by atoms with E-state index in [2.05, 4.69) is 4.84 Å². The van der Waals surface area contributed by atoms with Crippen LogP contribution in [0.1, 0.15) is 6.42 Å². The largest absolute Gasteiger partial charge is 0.307 e. The van der Waals surface area contributed by atoms with E-state index in [1.54, 1.807) is 16.1 Å². The molecule has 0 saturated carbocycles. The standard InChI is InChI=1S/C6H10N2O2S/c7-10-4-1-2-8-3-5-11-6(8)9/h3,5H,1-2,4,7H2. The number of rotatable bonds is 4. The zero-order valence-corrected chi connectivity index (χ0v) is 6.84. The lowest BCUT2D eigenvalue weighted by Crippen LogP contribution is -2.13. The highest BCUT2D eigenvalue weighted by molar-refractivity contribution is 7.07. The lowest BCUT2D eigenvalue weighted by Gasteiger charge is -1.98. The van der Waals surface area contributed by atoms with Crippen LogP contribution in [0, 0.1) is 0 Å². The van der Waals surface area contributed by atoms with Gasteiger partial charge >= 0.3 is 4.87 Å². The van der Waals surface area contributed by atoms with Crippen LogP contribution in [-0.4, -0.2) is 11.2 Å². The van der Waals surface area contributed by atoms with Crippen LogP contribution in [0.15, 0.2) is 16.4 Å². The molecule has 0 aliphatic heterocycles. The third kappa shape index (κ3) is 2.45. The van der Waals surface area contributed by atoms with Crippen molar-refractivity contribution in [2.75, 3.05) is 6.61 Å². The summed E-state index contributed by atoms with van der Waals surface area (Å²) in [6, 6.07) is 0. The first kappa shape index (κ1) is 8.45. The second-order valence-corrected chi connectivity index (χ2v) is 2.94. The summed E-state index contributed by atoms with van der Waals surface area (Å²) in [4.78, 5) is 15.4. The Kier molecular flexibility index (Phi) is 3.28. The fourth-order valence-corrected chi connectivity index (χ4v) is 1.39. The number of aromatic nitrogens is 1. The minimum Gasteiger partial charge on any atom is -0.306 e. The van der Waals surface area contributed by atoms with Gasteiger partial charge in [-0.15, -0.1) is 0 Å². The maximum Gasteiger partial charge on any atom is 0.307 e. The molecule has 1 rings (SSSR count). The van der Waals surface area contributed by atoms with Gasteiger partial charge in [-0.2, -0.15) is 0 Å². The van der Waals surface area contributed by atoms with Crippen LogP contribution in [-0.2, 0) is 11.4 Å². The zero-order chi connectivity index (χ0) is 8.10. The van der Waals surface area contributed by atoms with Gasteiger partial charge in [0.15, 0.2) is 0 Å². The number of nitrogens with zero attached hydrogens (tertiary/aromatic N) is 1.